The number of hydrogen-bond donors (Lipinski definition) is 3. The number of aliphatic hydroxyl groups excluding tert-OH is 3. The number of aliphatic hydroxyl groups is 3. The molecule has 3 N–H and O–H groups in total. The molecule has 6 nitrogen and oxygen atoms in total. The molecule has 0 aromatic heterocycles. The quantitative estimate of drug-likeness (QED) is 0.547. The molecule has 0 bridgehead atoms. The molecule has 0 radical (unpaired) electrons. The smallest absolute Gasteiger partial charge is 0.115 e. The van der Waals surface area contributed by atoms with Gasteiger partial charge in [-0.15, -0.1) is 19.7 Å². The van der Waals surface area contributed by atoms with Gasteiger partial charge in [0.2, 0.25) is 0 Å². The lowest BCUT2D eigenvalue weighted by molar-refractivity contribution is -0.250. The maximum atomic E-state index is 10.3. The third kappa shape index (κ3) is 6.18. The van der Waals surface area contributed by atoms with E-state index in [1.54, 1.807) is 0 Å². The van der Waals surface area contributed by atoms with Crippen molar-refractivity contribution >= 4 is 0 Å². The van der Waals surface area contributed by atoms with E-state index in [1.807, 2.05) is 0 Å². The van der Waals surface area contributed by atoms with Crippen LogP contribution in [0.1, 0.15) is 14.9 Å². The highest BCUT2D eigenvalue weighted by Crippen LogP contribution is 2.28. The summed E-state index contributed by atoms with van der Waals surface area (Å²) in [4.78, 5) is 0. The molecule has 23 heavy (non-hydrogen) atoms. The Labute approximate surface area is 139 Å². The lowest BCUT2D eigenvalue weighted by Gasteiger charge is -2.44. The van der Waals surface area contributed by atoms with Gasteiger partial charge in [0.25, 0.3) is 0 Å². The first-order chi connectivity index (χ1) is 10.1. The van der Waals surface area contributed by atoms with E-state index < -0.39 is 36.6 Å². The molecule has 0 saturated heterocycles. The second-order valence-corrected chi connectivity index (χ2v) is 4.73. The fraction of sp³-hybridized carbons (Fsp3) is 0.647. The van der Waals surface area contributed by atoms with Crippen molar-refractivity contribution in [2.24, 2.45) is 0 Å². The highest BCUT2D eigenvalue weighted by atomic mass is 16.6. The second kappa shape index (κ2) is 12.4. The van der Waals surface area contributed by atoms with Crippen molar-refractivity contribution in [3.8, 4) is 0 Å². The molecule has 0 spiro atoms. The zero-order chi connectivity index (χ0) is 15.8. The van der Waals surface area contributed by atoms with Crippen molar-refractivity contribution in [3.05, 3.63) is 38.0 Å². The third-order valence-corrected chi connectivity index (χ3v) is 3.24. The minimum absolute atomic E-state index is 0. The zero-order valence-electron chi connectivity index (χ0n) is 12.0. The highest BCUT2D eigenvalue weighted by molar-refractivity contribution is 5.02. The van der Waals surface area contributed by atoms with Crippen molar-refractivity contribution < 1.29 is 29.5 Å². The number of hydrogen-bond acceptors (Lipinski definition) is 6. The Morgan fingerprint density at radius 2 is 0.826 bits per heavy atom. The summed E-state index contributed by atoms with van der Waals surface area (Å²) in [7, 11) is 0. The van der Waals surface area contributed by atoms with Crippen LogP contribution in [0.3, 0.4) is 0 Å². The van der Waals surface area contributed by atoms with Crippen LogP contribution in [-0.2, 0) is 14.2 Å². The first-order valence-electron chi connectivity index (χ1n) is 6.80. The van der Waals surface area contributed by atoms with Crippen molar-refractivity contribution in [2.75, 3.05) is 19.8 Å². The normalized spacial score (nSPS) is 33.0. The van der Waals surface area contributed by atoms with Crippen LogP contribution >= 0.6 is 0 Å². The van der Waals surface area contributed by atoms with E-state index in [9.17, 15) is 15.3 Å². The predicted octanol–water partition coefficient (Wildman–Crippen LogP) is 1.07. The Kier molecular flexibility index (Phi) is 13.1. The molecular formula is C17H32O6. The molecule has 0 aromatic rings. The van der Waals surface area contributed by atoms with E-state index in [4.69, 9.17) is 14.2 Å². The van der Waals surface area contributed by atoms with E-state index in [0.29, 0.717) is 0 Å². The minimum Gasteiger partial charge on any atom is -0.387 e. The van der Waals surface area contributed by atoms with Gasteiger partial charge in [0.1, 0.15) is 36.6 Å². The van der Waals surface area contributed by atoms with Gasteiger partial charge in [0.15, 0.2) is 0 Å². The third-order valence-electron chi connectivity index (χ3n) is 3.24. The molecule has 6 heteroatoms. The molecule has 0 aromatic carbocycles. The Hall–Kier alpha value is -1.02. The molecule has 1 saturated carbocycles. The lowest BCUT2D eigenvalue weighted by atomic mass is 9.84. The van der Waals surface area contributed by atoms with Gasteiger partial charge in [-0.25, -0.2) is 0 Å². The van der Waals surface area contributed by atoms with Gasteiger partial charge in [-0.05, 0) is 0 Å². The molecule has 0 unspecified atom stereocenters. The Balaban J connectivity index is 0. The summed E-state index contributed by atoms with van der Waals surface area (Å²) in [5, 5.41) is 30.8. The summed E-state index contributed by atoms with van der Waals surface area (Å²) >= 11 is 0. The lowest BCUT2D eigenvalue weighted by Crippen LogP contribution is -2.65. The van der Waals surface area contributed by atoms with Crippen molar-refractivity contribution in [3.63, 3.8) is 0 Å². The SMILES string of the molecule is C.C.C=CCOC1C(O)C(OCC=C)C(O)C(OCC=C)C1O. The largest absolute Gasteiger partial charge is 0.387 e. The van der Waals surface area contributed by atoms with Crippen molar-refractivity contribution in [1.29, 1.82) is 0 Å². The fourth-order valence-electron chi connectivity index (χ4n) is 2.30. The summed E-state index contributed by atoms with van der Waals surface area (Å²) in [6, 6.07) is 0. The molecule has 136 valence electrons. The summed E-state index contributed by atoms with van der Waals surface area (Å²) < 4.78 is 16.2. The molecule has 1 rings (SSSR count). The van der Waals surface area contributed by atoms with E-state index >= 15 is 0 Å². The van der Waals surface area contributed by atoms with Gasteiger partial charge in [0.05, 0.1) is 19.8 Å². The molecule has 1 aliphatic rings. The van der Waals surface area contributed by atoms with E-state index in [0.717, 1.165) is 0 Å². The number of rotatable bonds is 9. The topological polar surface area (TPSA) is 88.4 Å². The van der Waals surface area contributed by atoms with Gasteiger partial charge in [0, 0.05) is 0 Å². The van der Waals surface area contributed by atoms with Crippen LogP contribution in [-0.4, -0.2) is 71.8 Å². The molecule has 1 fully saturated rings. The predicted molar refractivity (Wildman–Crippen MR) is 91.3 cm³/mol. The highest BCUT2D eigenvalue weighted by Gasteiger charge is 2.51. The Morgan fingerprint density at radius 1 is 0.609 bits per heavy atom. The fourth-order valence-corrected chi connectivity index (χ4v) is 2.30. The molecule has 0 atom stereocenters. The summed E-state index contributed by atoms with van der Waals surface area (Å²) in [5.41, 5.74) is 0. The van der Waals surface area contributed by atoms with Crippen LogP contribution in [0.2, 0.25) is 0 Å². The van der Waals surface area contributed by atoms with Crippen LogP contribution in [0, 0.1) is 0 Å². The average molecular weight is 332 g/mol. The first-order valence-corrected chi connectivity index (χ1v) is 6.80. The Bertz CT molecular complexity index is 282. The summed E-state index contributed by atoms with van der Waals surface area (Å²) in [5.74, 6) is 0. The van der Waals surface area contributed by atoms with E-state index in [1.165, 1.54) is 18.2 Å². The number of ether oxygens (including phenoxy) is 3. The van der Waals surface area contributed by atoms with Crippen molar-refractivity contribution in [2.45, 2.75) is 51.5 Å². The van der Waals surface area contributed by atoms with Gasteiger partial charge in [-0.3, -0.25) is 0 Å². The van der Waals surface area contributed by atoms with E-state index in [2.05, 4.69) is 19.7 Å². The first kappa shape index (κ1) is 24.2. The standard InChI is InChI=1S/C15H24O6.2CH4/c1-4-7-19-13-10(16)14(20-8-5-2)12(18)15(11(13)17)21-9-6-3;;/h4-6,10-18H,1-3,7-9H2;2*1H4. The van der Waals surface area contributed by atoms with Gasteiger partial charge >= 0.3 is 0 Å². The molecule has 0 heterocycles. The van der Waals surface area contributed by atoms with Crippen LogP contribution in [0.15, 0.2) is 38.0 Å². The van der Waals surface area contributed by atoms with Crippen LogP contribution in [0.25, 0.3) is 0 Å². The summed E-state index contributed by atoms with van der Waals surface area (Å²) in [6.07, 6.45) is -1.92. The van der Waals surface area contributed by atoms with Gasteiger partial charge < -0.3 is 29.5 Å². The average Bonchev–Trinajstić information content (AvgIpc) is 2.47. The monoisotopic (exact) mass is 332 g/mol. The maximum Gasteiger partial charge on any atom is 0.115 e. The second-order valence-electron chi connectivity index (χ2n) is 4.73. The van der Waals surface area contributed by atoms with Crippen LogP contribution in [0.5, 0.6) is 0 Å². The Morgan fingerprint density at radius 3 is 1.00 bits per heavy atom. The van der Waals surface area contributed by atoms with Crippen LogP contribution in [0.4, 0.5) is 0 Å². The minimum atomic E-state index is -1.20. The van der Waals surface area contributed by atoms with E-state index in [-0.39, 0.29) is 34.7 Å². The maximum absolute atomic E-state index is 10.3. The molecule has 0 amide bonds. The van der Waals surface area contributed by atoms with Crippen molar-refractivity contribution in [1.82, 2.24) is 0 Å². The summed E-state index contributed by atoms with van der Waals surface area (Å²) in [6.45, 7) is 11.0. The van der Waals surface area contributed by atoms with Gasteiger partial charge in [-0.1, -0.05) is 33.1 Å². The van der Waals surface area contributed by atoms with Crippen LogP contribution < -0.4 is 0 Å². The molecule has 0 aliphatic heterocycles. The molecular weight excluding hydrogens is 300 g/mol. The van der Waals surface area contributed by atoms with Gasteiger partial charge in [-0.2, -0.15) is 0 Å². The zero-order valence-corrected chi connectivity index (χ0v) is 12.0. The molecule has 1 aliphatic carbocycles.